The molecule has 2 aliphatic heterocycles. The van der Waals surface area contributed by atoms with Crippen molar-refractivity contribution >= 4 is 11.3 Å². The average molecular weight is 324 g/mol. The summed E-state index contributed by atoms with van der Waals surface area (Å²) in [6, 6.07) is 0. The second-order valence-electron chi connectivity index (χ2n) is 7.68. The summed E-state index contributed by atoms with van der Waals surface area (Å²) in [7, 11) is 0. The summed E-state index contributed by atoms with van der Waals surface area (Å²) in [5.74, 6) is 0.820. The summed E-state index contributed by atoms with van der Waals surface area (Å²) in [6.45, 7) is 15.5. The number of rotatable bonds is 4. The zero-order valence-electron chi connectivity index (χ0n) is 14.2. The van der Waals surface area contributed by atoms with Gasteiger partial charge in [0.2, 0.25) is 0 Å². The highest BCUT2D eigenvalue weighted by Crippen LogP contribution is 2.26. The van der Waals surface area contributed by atoms with Crippen LogP contribution in [-0.2, 0) is 16.7 Å². The molecule has 3 rings (SSSR count). The molecule has 0 bridgehead atoms. The van der Waals surface area contributed by atoms with Gasteiger partial charge in [-0.15, -0.1) is 11.3 Å². The molecule has 0 spiro atoms. The zero-order valence-corrected chi connectivity index (χ0v) is 15.0. The quantitative estimate of drug-likeness (QED) is 0.851. The molecule has 4 nitrogen and oxygen atoms in total. The summed E-state index contributed by atoms with van der Waals surface area (Å²) in [6.07, 6.45) is 1.33. The summed E-state index contributed by atoms with van der Waals surface area (Å²) >= 11 is 1.82. The predicted molar refractivity (Wildman–Crippen MR) is 91.5 cm³/mol. The number of nitrogens with zero attached hydrogens (tertiary/aromatic N) is 3. The lowest BCUT2D eigenvalue weighted by Gasteiger charge is -2.29. The van der Waals surface area contributed by atoms with E-state index in [2.05, 4.69) is 36.0 Å². The highest BCUT2D eigenvalue weighted by Gasteiger charge is 2.26. The van der Waals surface area contributed by atoms with Gasteiger partial charge in [0.25, 0.3) is 0 Å². The molecule has 1 aromatic heterocycles. The Morgan fingerprint density at radius 1 is 1.23 bits per heavy atom. The van der Waals surface area contributed by atoms with Gasteiger partial charge < -0.3 is 4.74 Å². The third-order valence-electron chi connectivity index (χ3n) is 4.67. The largest absolute Gasteiger partial charge is 0.379 e. The van der Waals surface area contributed by atoms with Crippen LogP contribution in [0, 0.1) is 5.92 Å². The Kier molecular flexibility index (Phi) is 5.17. The summed E-state index contributed by atoms with van der Waals surface area (Å²) in [5.41, 5.74) is 1.40. The number of thiazole rings is 1. The number of aromatic nitrogens is 1. The Morgan fingerprint density at radius 2 is 2.00 bits per heavy atom. The Bertz CT molecular complexity index is 476. The van der Waals surface area contributed by atoms with Gasteiger partial charge in [-0.1, -0.05) is 20.8 Å². The summed E-state index contributed by atoms with van der Waals surface area (Å²) in [5, 5.41) is 3.51. The van der Waals surface area contributed by atoms with Gasteiger partial charge in [-0.05, 0) is 18.9 Å². The van der Waals surface area contributed by atoms with Crippen molar-refractivity contribution in [1.82, 2.24) is 14.8 Å². The van der Waals surface area contributed by atoms with Crippen LogP contribution in [0.1, 0.15) is 37.9 Å². The van der Waals surface area contributed by atoms with Gasteiger partial charge in [-0.3, -0.25) is 9.80 Å². The van der Waals surface area contributed by atoms with Gasteiger partial charge in [0.1, 0.15) is 5.01 Å². The second-order valence-corrected chi connectivity index (χ2v) is 8.62. The molecule has 124 valence electrons. The van der Waals surface area contributed by atoms with E-state index in [9.17, 15) is 0 Å². The van der Waals surface area contributed by atoms with Crippen LogP contribution in [0.2, 0.25) is 0 Å². The minimum absolute atomic E-state index is 0.165. The molecule has 0 aliphatic carbocycles. The Balaban J connectivity index is 1.47. The molecule has 0 unspecified atom stereocenters. The van der Waals surface area contributed by atoms with Gasteiger partial charge in [-0.25, -0.2) is 4.98 Å². The standard InChI is InChI=1S/C17H29N3OS/c1-17(2,3)15-13-22-16(18-15)12-20-5-4-14(11-20)10-19-6-8-21-9-7-19/h13-14H,4-12H2,1-3H3/t14-/m1/s1. The predicted octanol–water partition coefficient (Wildman–Crippen LogP) is 2.59. The Morgan fingerprint density at radius 3 is 2.68 bits per heavy atom. The van der Waals surface area contributed by atoms with Crippen molar-refractivity contribution in [3.8, 4) is 0 Å². The van der Waals surface area contributed by atoms with Crippen LogP contribution in [0.5, 0.6) is 0 Å². The second kappa shape index (κ2) is 6.95. The normalized spacial score (nSPS) is 25.0. The Hall–Kier alpha value is -0.490. The maximum atomic E-state index is 5.44. The van der Waals surface area contributed by atoms with E-state index in [1.807, 2.05) is 11.3 Å². The molecule has 0 saturated carbocycles. The van der Waals surface area contributed by atoms with Crippen molar-refractivity contribution in [3.63, 3.8) is 0 Å². The molecule has 5 heteroatoms. The van der Waals surface area contributed by atoms with E-state index in [0.717, 1.165) is 38.8 Å². The number of ether oxygens (including phenoxy) is 1. The number of morpholine rings is 1. The smallest absolute Gasteiger partial charge is 0.107 e. The van der Waals surface area contributed by atoms with E-state index in [0.29, 0.717) is 0 Å². The molecule has 0 N–H and O–H groups in total. The summed E-state index contributed by atoms with van der Waals surface area (Å²) in [4.78, 5) is 9.98. The van der Waals surface area contributed by atoms with Crippen LogP contribution < -0.4 is 0 Å². The van der Waals surface area contributed by atoms with E-state index in [4.69, 9.17) is 9.72 Å². The van der Waals surface area contributed by atoms with Crippen LogP contribution in [0.3, 0.4) is 0 Å². The molecule has 22 heavy (non-hydrogen) atoms. The first-order valence-electron chi connectivity index (χ1n) is 8.48. The minimum Gasteiger partial charge on any atom is -0.379 e. The molecule has 2 saturated heterocycles. The molecule has 0 radical (unpaired) electrons. The lowest BCUT2D eigenvalue weighted by Crippen LogP contribution is -2.39. The number of hydrogen-bond donors (Lipinski definition) is 0. The van der Waals surface area contributed by atoms with Gasteiger partial charge in [0.05, 0.1) is 25.5 Å². The average Bonchev–Trinajstić information content (AvgIpc) is 3.10. The fraction of sp³-hybridized carbons (Fsp3) is 0.824. The number of likely N-dealkylation sites (tertiary alicyclic amines) is 1. The van der Waals surface area contributed by atoms with E-state index >= 15 is 0 Å². The topological polar surface area (TPSA) is 28.6 Å². The van der Waals surface area contributed by atoms with Crippen molar-refractivity contribution in [1.29, 1.82) is 0 Å². The van der Waals surface area contributed by atoms with Crippen molar-refractivity contribution < 1.29 is 4.74 Å². The molecular formula is C17H29N3OS. The van der Waals surface area contributed by atoms with Crippen molar-refractivity contribution in [2.24, 2.45) is 5.92 Å². The molecule has 2 fully saturated rings. The maximum absolute atomic E-state index is 5.44. The third-order valence-corrected chi connectivity index (χ3v) is 5.50. The maximum Gasteiger partial charge on any atom is 0.107 e. The fourth-order valence-electron chi connectivity index (χ4n) is 3.27. The van der Waals surface area contributed by atoms with Crippen molar-refractivity contribution in [2.75, 3.05) is 45.9 Å². The fourth-order valence-corrected chi connectivity index (χ4v) is 4.34. The highest BCUT2D eigenvalue weighted by molar-refractivity contribution is 7.09. The molecule has 0 amide bonds. The van der Waals surface area contributed by atoms with Gasteiger partial charge in [0, 0.05) is 37.0 Å². The van der Waals surface area contributed by atoms with E-state index < -0.39 is 0 Å². The highest BCUT2D eigenvalue weighted by atomic mass is 32.1. The first kappa shape index (κ1) is 16.4. The molecule has 1 aromatic rings. The first-order chi connectivity index (χ1) is 10.5. The third kappa shape index (κ3) is 4.28. The van der Waals surface area contributed by atoms with E-state index in [1.165, 1.54) is 36.8 Å². The molecular weight excluding hydrogens is 294 g/mol. The molecule has 3 heterocycles. The summed E-state index contributed by atoms with van der Waals surface area (Å²) < 4.78 is 5.44. The van der Waals surface area contributed by atoms with Crippen LogP contribution in [0.4, 0.5) is 0 Å². The van der Waals surface area contributed by atoms with Crippen LogP contribution in [0.25, 0.3) is 0 Å². The Labute approximate surface area is 138 Å². The lowest BCUT2D eigenvalue weighted by molar-refractivity contribution is 0.0311. The minimum atomic E-state index is 0.165. The van der Waals surface area contributed by atoms with E-state index in [1.54, 1.807) is 0 Å². The van der Waals surface area contributed by atoms with Crippen LogP contribution in [0.15, 0.2) is 5.38 Å². The van der Waals surface area contributed by atoms with Crippen molar-refractivity contribution in [2.45, 2.75) is 39.2 Å². The lowest BCUT2D eigenvalue weighted by atomic mass is 9.93. The monoisotopic (exact) mass is 323 g/mol. The van der Waals surface area contributed by atoms with Crippen molar-refractivity contribution in [3.05, 3.63) is 16.1 Å². The van der Waals surface area contributed by atoms with E-state index in [-0.39, 0.29) is 5.41 Å². The first-order valence-corrected chi connectivity index (χ1v) is 9.36. The van der Waals surface area contributed by atoms with Gasteiger partial charge in [0.15, 0.2) is 0 Å². The molecule has 0 aromatic carbocycles. The van der Waals surface area contributed by atoms with Gasteiger partial charge >= 0.3 is 0 Å². The van der Waals surface area contributed by atoms with Gasteiger partial charge in [-0.2, -0.15) is 0 Å². The van der Waals surface area contributed by atoms with Crippen LogP contribution >= 0.6 is 11.3 Å². The van der Waals surface area contributed by atoms with Crippen LogP contribution in [-0.4, -0.2) is 60.7 Å². The number of hydrogen-bond acceptors (Lipinski definition) is 5. The molecule has 1 atom stereocenters. The SMILES string of the molecule is CC(C)(C)c1csc(CN2CC[C@H](CN3CCOCC3)C2)n1. The zero-order chi connectivity index (χ0) is 15.6. The molecule has 2 aliphatic rings.